The van der Waals surface area contributed by atoms with Crippen LogP contribution in [0.2, 0.25) is 0 Å². The lowest BCUT2D eigenvalue weighted by molar-refractivity contribution is -0.0679. The molecule has 27 heavy (non-hydrogen) atoms. The van der Waals surface area contributed by atoms with E-state index in [0.29, 0.717) is 24.0 Å². The van der Waals surface area contributed by atoms with E-state index in [1.807, 2.05) is 35.7 Å². The largest absolute Gasteiger partial charge is 0.378 e. The zero-order valence-corrected chi connectivity index (χ0v) is 16.0. The molecule has 0 aliphatic carbocycles. The molecule has 0 saturated carbocycles. The van der Waals surface area contributed by atoms with E-state index >= 15 is 0 Å². The third kappa shape index (κ3) is 3.33. The number of benzene rings is 1. The molecule has 0 radical (unpaired) electrons. The molecule has 1 N–H and O–H groups in total. The monoisotopic (exact) mass is 381 g/mol. The average Bonchev–Trinajstić information content (AvgIpc) is 3.13. The van der Waals surface area contributed by atoms with Crippen molar-refractivity contribution in [2.75, 3.05) is 19.7 Å². The van der Waals surface area contributed by atoms with Crippen molar-refractivity contribution in [2.24, 2.45) is 5.92 Å². The van der Waals surface area contributed by atoms with Gasteiger partial charge in [0.05, 0.1) is 18.0 Å². The maximum absolute atomic E-state index is 12.8. The summed E-state index contributed by atoms with van der Waals surface area (Å²) in [6.07, 6.45) is 3.91. The van der Waals surface area contributed by atoms with Gasteiger partial charge in [-0.25, -0.2) is 4.98 Å². The van der Waals surface area contributed by atoms with Crippen LogP contribution in [0.1, 0.15) is 25.1 Å². The quantitative estimate of drug-likeness (QED) is 0.752. The minimum absolute atomic E-state index is 0.0361. The van der Waals surface area contributed by atoms with Crippen LogP contribution in [-0.4, -0.2) is 40.7 Å². The van der Waals surface area contributed by atoms with Crippen LogP contribution >= 0.6 is 11.3 Å². The van der Waals surface area contributed by atoms with Crippen LogP contribution in [0.25, 0.3) is 21.3 Å². The Morgan fingerprint density at radius 3 is 3.04 bits per heavy atom. The summed E-state index contributed by atoms with van der Waals surface area (Å²) in [5.41, 5.74) is 1.99. The fourth-order valence-corrected chi connectivity index (χ4v) is 5.38. The molecule has 2 aliphatic rings. The summed E-state index contributed by atoms with van der Waals surface area (Å²) >= 11 is 1.55. The summed E-state index contributed by atoms with van der Waals surface area (Å²) in [5, 5.41) is 2.74. The minimum Gasteiger partial charge on any atom is -0.378 e. The third-order valence-electron chi connectivity index (χ3n) is 5.75. The smallest absolute Gasteiger partial charge is 0.260 e. The lowest BCUT2D eigenvalue weighted by Crippen LogP contribution is -2.46. The molecular weight excluding hydrogens is 358 g/mol. The fraction of sp³-hybridized carbons (Fsp3) is 0.429. The van der Waals surface area contributed by atoms with Gasteiger partial charge in [-0.15, -0.1) is 11.3 Å². The molecule has 5 rings (SSSR count). The summed E-state index contributed by atoms with van der Waals surface area (Å²) < 4.78 is 5.90. The lowest BCUT2D eigenvalue weighted by atomic mass is 9.88. The number of fused-ring (bicyclic) bond motifs is 2. The molecule has 140 valence electrons. The third-order valence-corrected chi connectivity index (χ3v) is 6.62. The molecule has 2 fully saturated rings. The number of nitrogens with one attached hydrogen (secondary N) is 1. The topological polar surface area (TPSA) is 58.2 Å². The van der Waals surface area contributed by atoms with Crippen LogP contribution in [0.15, 0.2) is 40.5 Å². The summed E-state index contributed by atoms with van der Waals surface area (Å²) in [6, 6.07) is 10.0. The highest BCUT2D eigenvalue weighted by atomic mass is 32.1. The molecule has 5 nitrogen and oxygen atoms in total. The zero-order valence-electron chi connectivity index (χ0n) is 15.2. The number of ether oxygens (including phenoxy) is 1. The molecule has 0 spiro atoms. The number of thiophene rings is 1. The van der Waals surface area contributed by atoms with Crippen molar-refractivity contribution in [3.8, 4) is 11.1 Å². The summed E-state index contributed by atoms with van der Waals surface area (Å²) in [5.74, 6) is 1.39. The van der Waals surface area contributed by atoms with Gasteiger partial charge >= 0.3 is 0 Å². The molecule has 3 aromatic rings. The van der Waals surface area contributed by atoms with E-state index in [9.17, 15) is 4.79 Å². The van der Waals surface area contributed by atoms with E-state index in [0.717, 1.165) is 54.3 Å². The van der Waals surface area contributed by atoms with E-state index in [2.05, 4.69) is 9.88 Å². The van der Waals surface area contributed by atoms with Gasteiger partial charge in [-0.3, -0.25) is 9.69 Å². The van der Waals surface area contributed by atoms with Crippen LogP contribution in [-0.2, 0) is 11.3 Å². The number of aromatic nitrogens is 2. The second-order valence-corrected chi connectivity index (χ2v) is 8.40. The number of H-pyrrole nitrogens is 1. The first-order chi connectivity index (χ1) is 13.3. The van der Waals surface area contributed by atoms with Gasteiger partial charge in [-0.1, -0.05) is 30.3 Å². The Labute approximate surface area is 162 Å². The number of hydrogen-bond acceptors (Lipinski definition) is 5. The Bertz CT molecular complexity index is 998. The van der Waals surface area contributed by atoms with Gasteiger partial charge in [0.25, 0.3) is 5.56 Å². The van der Waals surface area contributed by atoms with E-state index < -0.39 is 0 Å². The molecule has 2 saturated heterocycles. The van der Waals surface area contributed by atoms with Crippen LogP contribution in [0.3, 0.4) is 0 Å². The molecule has 2 aromatic heterocycles. The Morgan fingerprint density at radius 1 is 1.26 bits per heavy atom. The van der Waals surface area contributed by atoms with Crippen LogP contribution in [0.4, 0.5) is 0 Å². The molecule has 2 atom stereocenters. The molecule has 4 heterocycles. The number of aromatic amines is 1. The van der Waals surface area contributed by atoms with Gasteiger partial charge in [0.15, 0.2) is 0 Å². The predicted molar refractivity (Wildman–Crippen MR) is 108 cm³/mol. The standard InChI is InChI=1S/C21H23N3O2S/c25-20-19-16(14-5-2-1-3-6-14)13-27-21(19)23-18(22-20)12-24-9-8-17-15(11-24)7-4-10-26-17/h1-3,5-6,13,15,17H,4,7-12H2,(H,22,23,25). The van der Waals surface area contributed by atoms with Gasteiger partial charge in [0, 0.05) is 30.6 Å². The van der Waals surface area contributed by atoms with Gasteiger partial charge in [-0.05, 0) is 30.7 Å². The van der Waals surface area contributed by atoms with Crippen molar-refractivity contribution in [1.29, 1.82) is 0 Å². The van der Waals surface area contributed by atoms with Crippen LogP contribution in [0, 0.1) is 5.92 Å². The van der Waals surface area contributed by atoms with Crippen molar-refractivity contribution in [3.05, 3.63) is 51.9 Å². The molecule has 0 amide bonds. The molecule has 2 aliphatic heterocycles. The Kier molecular flexibility index (Phi) is 4.55. The van der Waals surface area contributed by atoms with Crippen molar-refractivity contribution in [3.63, 3.8) is 0 Å². The Morgan fingerprint density at radius 2 is 2.15 bits per heavy atom. The number of likely N-dealkylation sites (tertiary alicyclic amines) is 1. The molecule has 1 aromatic carbocycles. The van der Waals surface area contributed by atoms with Gasteiger partial charge in [-0.2, -0.15) is 0 Å². The fourth-order valence-electron chi connectivity index (χ4n) is 4.42. The van der Waals surface area contributed by atoms with Crippen molar-refractivity contribution >= 4 is 21.6 Å². The van der Waals surface area contributed by atoms with Crippen LogP contribution in [0.5, 0.6) is 0 Å². The van der Waals surface area contributed by atoms with Crippen molar-refractivity contribution < 1.29 is 4.74 Å². The maximum Gasteiger partial charge on any atom is 0.260 e. The Hall–Kier alpha value is -2.02. The number of nitrogens with zero attached hydrogens (tertiary/aromatic N) is 2. The summed E-state index contributed by atoms with van der Waals surface area (Å²) in [7, 11) is 0. The normalized spacial score (nSPS) is 23.4. The highest BCUT2D eigenvalue weighted by molar-refractivity contribution is 7.17. The van der Waals surface area contributed by atoms with Crippen molar-refractivity contribution in [2.45, 2.75) is 31.9 Å². The van der Waals surface area contributed by atoms with E-state index in [4.69, 9.17) is 9.72 Å². The molecule has 6 heteroatoms. The predicted octanol–water partition coefficient (Wildman–Crippen LogP) is 3.65. The minimum atomic E-state index is -0.0361. The first-order valence-corrected chi connectivity index (χ1v) is 10.6. The Balaban J connectivity index is 1.40. The number of rotatable bonds is 3. The highest BCUT2D eigenvalue weighted by Crippen LogP contribution is 2.31. The first-order valence-electron chi connectivity index (χ1n) is 9.68. The van der Waals surface area contributed by atoms with Crippen LogP contribution < -0.4 is 5.56 Å². The average molecular weight is 382 g/mol. The second-order valence-electron chi connectivity index (χ2n) is 7.54. The lowest BCUT2D eigenvalue weighted by Gasteiger charge is -2.40. The molecule has 2 unspecified atom stereocenters. The van der Waals surface area contributed by atoms with Gasteiger partial charge < -0.3 is 9.72 Å². The molecule has 0 bridgehead atoms. The zero-order chi connectivity index (χ0) is 18.2. The van der Waals surface area contributed by atoms with Gasteiger partial charge in [0.2, 0.25) is 0 Å². The van der Waals surface area contributed by atoms with E-state index in [1.165, 1.54) is 6.42 Å². The number of hydrogen-bond donors (Lipinski definition) is 1. The molecular formula is C21H23N3O2S. The first kappa shape index (κ1) is 17.1. The summed E-state index contributed by atoms with van der Waals surface area (Å²) in [4.78, 5) is 23.8. The maximum atomic E-state index is 12.8. The SMILES string of the molecule is O=c1[nH]c(CN2CCC3OCCCC3C2)nc2scc(-c3ccccc3)c12. The number of piperidine rings is 1. The van der Waals surface area contributed by atoms with E-state index in [1.54, 1.807) is 11.3 Å². The summed E-state index contributed by atoms with van der Waals surface area (Å²) in [6.45, 7) is 3.65. The van der Waals surface area contributed by atoms with E-state index in [-0.39, 0.29) is 5.56 Å². The van der Waals surface area contributed by atoms with Gasteiger partial charge in [0.1, 0.15) is 10.7 Å². The van der Waals surface area contributed by atoms with Crippen molar-refractivity contribution in [1.82, 2.24) is 14.9 Å². The highest BCUT2D eigenvalue weighted by Gasteiger charge is 2.32. The second kappa shape index (κ2) is 7.19.